The number of anilines is 2. The lowest BCUT2D eigenvalue weighted by molar-refractivity contribution is 0.669. The fourth-order valence-electron chi connectivity index (χ4n) is 8.65. The quantitative estimate of drug-likeness (QED) is 0.140. The lowest BCUT2D eigenvalue weighted by Gasteiger charge is -2.27. The second-order valence-corrected chi connectivity index (χ2v) is 13.9. The summed E-state index contributed by atoms with van der Waals surface area (Å²) in [5.74, 6) is -0.00866. The van der Waals surface area contributed by atoms with Crippen molar-refractivity contribution in [3.63, 3.8) is 0 Å². The van der Waals surface area contributed by atoms with E-state index in [-0.39, 0.29) is 5.92 Å². The van der Waals surface area contributed by atoms with Gasteiger partial charge in [-0.05, 0) is 70.2 Å². The van der Waals surface area contributed by atoms with Crippen molar-refractivity contribution < 1.29 is 4.42 Å². The summed E-state index contributed by atoms with van der Waals surface area (Å²) < 4.78 is 9.00. The summed E-state index contributed by atoms with van der Waals surface area (Å²) in [6.07, 6.45) is 0. The molecule has 0 atom stereocenters. The zero-order valence-electron chi connectivity index (χ0n) is 28.8. The van der Waals surface area contributed by atoms with Gasteiger partial charge in [-0.2, -0.15) is 0 Å². The van der Waals surface area contributed by atoms with Crippen molar-refractivity contribution in [3.8, 4) is 16.8 Å². The maximum atomic E-state index is 6.49. The van der Waals surface area contributed by atoms with Crippen LogP contribution >= 0.6 is 0 Å². The second-order valence-electron chi connectivity index (χ2n) is 13.9. The molecule has 8 aromatic carbocycles. The molecule has 10 aromatic rings. The number of aromatic nitrogens is 1. The van der Waals surface area contributed by atoms with Crippen LogP contribution in [0.25, 0.3) is 60.6 Å². The molecule has 11 rings (SSSR count). The van der Waals surface area contributed by atoms with Crippen LogP contribution in [0.3, 0.4) is 0 Å². The summed E-state index contributed by atoms with van der Waals surface area (Å²) in [6.45, 7) is 0. The number of furan rings is 1. The van der Waals surface area contributed by atoms with Crippen LogP contribution in [0.1, 0.15) is 22.6 Å². The molecule has 3 heterocycles. The van der Waals surface area contributed by atoms with Crippen molar-refractivity contribution >= 4 is 73.3 Å². The van der Waals surface area contributed by atoms with Gasteiger partial charge < -0.3 is 14.3 Å². The highest BCUT2D eigenvalue weighted by Crippen LogP contribution is 2.46. The topological polar surface area (TPSA) is 30.1 Å². The van der Waals surface area contributed by atoms with Crippen molar-refractivity contribution in [2.75, 3.05) is 5.32 Å². The van der Waals surface area contributed by atoms with Gasteiger partial charge in [0.2, 0.25) is 0 Å². The van der Waals surface area contributed by atoms with Crippen molar-refractivity contribution in [2.24, 2.45) is 0 Å². The van der Waals surface area contributed by atoms with Gasteiger partial charge in [0.15, 0.2) is 7.28 Å². The first-order valence-electron chi connectivity index (χ1n) is 18.2. The number of rotatable bonds is 6. The minimum absolute atomic E-state index is 0.00866. The number of hydrogen-bond acceptors (Lipinski definition) is 2. The summed E-state index contributed by atoms with van der Waals surface area (Å²) in [7, 11) is 2.40. The maximum Gasteiger partial charge on any atom is 0.197 e. The third-order valence-corrected chi connectivity index (χ3v) is 10.9. The number of nitrogens with zero attached hydrogens (tertiary/aromatic N) is 1. The van der Waals surface area contributed by atoms with Crippen LogP contribution in [0.4, 0.5) is 11.4 Å². The molecule has 53 heavy (non-hydrogen) atoms. The summed E-state index contributed by atoms with van der Waals surface area (Å²) in [5.41, 5.74) is 15.9. The molecule has 3 nitrogen and oxygen atoms in total. The van der Waals surface area contributed by atoms with Gasteiger partial charge >= 0.3 is 0 Å². The molecule has 0 aliphatic carbocycles. The molecule has 0 spiro atoms. The molecule has 1 radical (unpaired) electrons. The second kappa shape index (κ2) is 11.9. The molecule has 0 bridgehead atoms. The Morgan fingerprint density at radius 2 is 1.17 bits per heavy atom. The Labute approximate surface area is 308 Å². The van der Waals surface area contributed by atoms with Gasteiger partial charge in [0.25, 0.3) is 0 Å². The molecule has 1 aliphatic heterocycles. The first-order chi connectivity index (χ1) is 26.3. The maximum absolute atomic E-state index is 6.49. The molecule has 0 saturated heterocycles. The first kappa shape index (κ1) is 29.9. The fraction of sp³-hybridized carbons (Fsp3) is 0.0204. The highest BCUT2D eigenvalue weighted by atomic mass is 16.3. The number of fused-ring (bicyclic) bond motifs is 8. The van der Waals surface area contributed by atoms with Crippen LogP contribution in [-0.4, -0.2) is 11.8 Å². The Morgan fingerprint density at radius 3 is 1.94 bits per heavy atom. The number of hydrogen-bond donors (Lipinski definition) is 1. The molecular formula is C49H32BN2O. The molecule has 1 N–H and O–H groups in total. The molecule has 4 heteroatoms. The molecule has 0 amide bonds. The highest BCUT2D eigenvalue weighted by molar-refractivity contribution is 6.73. The van der Waals surface area contributed by atoms with Gasteiger partial charge in [-0.3, -0.25) is 0 Å². The molecule has 247 valence electrons. The largest absolute Gasteiger partial charge is 0.456 e. The van der Waals surface area contributed by atoms with Gasteiger partial charge in [-0.25, -0.2) is 0 Å². The highest BCUT2D eigenvalue weighted by Gasteiger charge is 2.31. The average Bonchev–Trinajstić information content (AvgIpc) is 3.76. The molecule has 0 unspecified atom stereocenters. The van der Waals surface area contributed by atoms with Crippen LogP contribution in [0.2, 0.25) is 0 Å². The Bertz CT molecular complexity index is 2960. The van der Waals surface area contributed by atoms with E-state index >= 15 is 0 Å². The van der Waals surface area contributed by atoms with Gasteiger partial charge in [-0.1, -0.05) is 139 Å². The SMILES string of the molecule is [B]1c2ccccc2-n2c3ccccc3c3c(C(c4ccccc4)c4ccccc4)cc(-c4cc5c(cc4Nc4ccccc4)oc4ccccc45)c1c32. The van der Waals surface area contributed by atoms with Gasteiger partial charge in [-0.15, -0.1) is 0 Å². The van der Waals surface area contributed by atoms with E-state index in [2.05, 4.69) is 193 Å². The van der Waals surface area contributed by atoms with Crippen LogP contribution in [0, 0.1) is 0 Å². The Hall–Kier alpha value is -6.78. The number of benzene rings is 8. The van der Waals surface area contributed by atoms with Gasteiger partial charge in [0, 0.05) is 56.0 Å². The normalized spacial score (nSPS) is 12.1. The van der Waals surface area contributed by atoms with Crippen LogP contribution in [0.5, 0.6) is 0 Å². The van der Waals surface area contributed by atoms with E-state index in [4.69, 9.17) is 4.42 Å². The Morgan fingerprint density at radius 1 is 0.528 bits per heavy atom. The van der Waals surface area contributed by atoms with E-state index < -0.39 is 0 Å². The lowest BCUT2D eigenvalue weighted by Crippen LogP contribution is -2.37. The molecule has 0 saturated carbocycles. The predicted molar refractivity (Wildman–Crippen MR) is 222 cm³/mol. The molecule has 0 fully saturated rings. The monoisotopic (exact) mass is 675 g/mol. The number of para-hydroxylation sites is 4. The molecule has 1 aliphatic rings. The number of nitrogens with one attached hydrogen (secondary N) is 1. The minimum atomic E-state index is -0.00866. The van der Waals surface area contributed by atoms with Crippen molar-refractivity contribution in [2.45, 2.75) is 5.92 Å². The zero-order chi connectivity index (χ0) is 34.9. The van der Waals surface area contributed by atoms with Crippen LogP contribution in [0.15, 0.2) is 186 Å². The average molecular weight is 676 g/mol. The fourth-order valence-corrected chi connectivity index (χ4v) is 8.65. The van der Waals surface area contributed by atoms with Crippen molar-refractivity contribution in [3.05, 3.63) is 199 Å². The van der Waals surface area contributed by atoms with E-state index in [1.54, 1.807) is 0 Å². The summed E-state index contributed by atoms with van der Waals surface area (Å²) in [4.78, 5) is 0. The van der Waals surface area contributed by atoms with E-state index in [9.17, 15) is 0 Å². The zero-order valence-corrected chi connectivity index (χ0v) is 28.8. The standard InChI is InChI=1S/C49H32BN2O/c1-4-16-31(17-5-1)46(32-18-6-2-7-19-32)39-29-38(48-49-47(39)35-23-10-13-25-42(35)52(49)43-26-14-12-24-40(43)50-48)36-28-37-34-22-11-15-27-44(34)53-45(37)30-41(36)51-33-20-8-3-9-21-33/h1-30,46,51H. The van der Waals surface area contributed by atoms with Crippen LogP contribution < -0.4 is 16.2 Å². The summed E-state index contributed by atoms with van der Waals surface area (Å²) in [6, 6.07) is 65.5. The van der Waals surface area contributed by atoms with Gasteiger partial charge in [0.1, 0.15) is 11.2 Å². The van der Waals surface area contributed by atoms with E-state index in [0.717, 1.165) is 38.9 Å². The first-order valence-corrected chi connectivity index (χ1v) is 18.2. The molecular weight excluding hydrogens is 643 g/mol. The molecule has 2 aromatic heterocycles. The third-order valence-electron chi connectivity index (χ3n) is 10.9. The predicted octanol–water partition coefficient (Wildman–Crippen LogP) is 11.2. The van der Waals surface area contributed by atoms with E-state index in [0.29, 0.717) is 0 Å². The smallest absolute Gasteiger partial charge is 0.197 e. The summed E-state index contributed by atoms with van der Waals surface area (Å²) >= 11 is 0. The lowest BCUT2D eigenvalue weighted by atomic mass is 9.58. The van der Waals surface area contributed by atoms with Crippen molar-refractivity contribution in [1.82, 2.24) is 4.57 Å². The third kappa shape index (κ3) is 4.69. The Kier molecular flexibility index (Phi) is 6.71. The summed E-state index contributed by atoms with van der Waals surface area (Å²) in [5, 5.41) is 8.57. The van der Waals surface area contributed by atoms with Crippen LogP contribution in [-0.2, 0) is 0 Å². The van der Waals surface area contributed by atoms with E-state index in [1.165, 1.54) is 60.7 Å². The minimum Gasteiger partial charge on any atom is -0.456 e. The van der Waals surface area contributed by atoms with E-state index in [1.807, 2.05) is 6.07 Å². The Balaban J connectivity index is 1.32. The van der Waals surface area contributed by atoms with Crippen molar-refractivity contribution in [1.29, 1.82) is 0 Å². The van der Waals surface area contributed by atoms with Gasteiger partial charge in [0.05, 0.1) is 11.2 Å².